The summed E-state index contributed by atoms with van der Waals surface area (Å²) in [6.45, 7) is 11.4. The van der Waals surface area contributed by atoms with Crippen molar-refractivity contribution in [3.05, 3.63) is 0 Å². The molecule has 1 atom stereocenters. The van der Waals surface area contributed by atoms with Gasteiger partial charge in [0.2, 0.25) is 0 Å². The molecule has 0 aromatic rings. The Morgan fingerprint density at radius 1 is 0.489 bits per heavy atom. The van der Waals surface area contributed by atoms with Crippen molar-refractivity contribution in [2.75, 3.05) is 26.2 Å². The number of likely N-dealkylation sites (tertiary alicyclic amines) is 1. The van der Waals surface area contributed by atoms with Crippen LogP contribution in [0, 0.1) is 11.8 Å². The van der Waals surface area contributed by atoms with Gasteiger partial charge >= 0.3 is 5.97 Å². The Labute approximate surface area is 296 Å². The summed E-state index contributed by atoms with van der Waals surface area (Å²) in [5.41, 5.74) is 0. The molecule has 0 aromatic heterocycles. The van der Waals surface area contributed by atoms with Crippen molar-refractivity contribution in [3.8, 4) is 0 Å². The first-order valence-electron chi connectivity index (χ1n) is 22.1. The number of hydrogen-bond donors (Lipinski definition) is 0. The summed E-state index contributed by atoms with van der Waals surface area (Å²) in [5.74, 6) is 1.54. The number of rotatable bonds is 37. The molecule has 280 valence electrons. The standard InChI is InChI=1S/C44H87NO2/c1-4-7-8-9-10-11-12-13-16-19-22-25-28-34-43(36-33-40-45-38-31-32-39-45)35-29-26-23-20-17-14-15-18-21-24-27-30-37-44(46)47-41-42(5-2)6-3/h42-43H,4-41H2,1-3H3. The molecule has 0 spiro atoms. The molecule has 3 heteroatoms. The molecule has 0 saturated carbocycles. The van der Waals surface area contributed by atoms with Crippen molar-refractivity contribution in [2.45, 2.75) is 239 Å². The van der Waals surface area contributed by atoms with E-state index in [1.807, 2.05) is 0 Å². The third-order valence-corrected chi connectivity index (χ3v) is 11.4. The predicted octanol–water partition coefficient (Wildman–Crippen LogP) is 14.4. The van der Waals surface area contributed by atoms with Crippen LogP contribution < -0.4 is 0 Å². The summed E-state index contributed by atoms with van der Waals surface area (Å²) in [5, 5.41) is 0. The summed E-state index contributed by atoms with van der Waals surface area (Å²) in [6, 6.07) is 0. The van der Waals surface area contributed by atoms with Crippen LogP contribution in [0.15, 0.2) is 0 Å². The van der Waals surface area contributed by atoms with Crippen LogP contribution in [-0.2, 0) is 9.53 Å². The summed E-state index contributed by atoms with van der Waals surface area (Å²) in [6.07, 6.45) is 46.9. The van der Waals surface area contributed by atoms with Crippen molar-refractivity contribution in [1.29, 1.82) is 0 Å². The number of carbonyl (C=O) groups is 1. The number of unbranched alkanes of at least 4 members (excludes halogenated alkanes) is 23. The lowest BCUT2D eigenvalue weighted by Gasteiger charge is -2.20. The zero-order valence-electron chi connectivity index (χ0n) is 32.8. The minimum Gasteiger partial charge on any atom is -0.465 e. The van der Waals surface area contributed by atoms with Gasteiger partial charge in [0, 0.05) is 6.42 Å². The average Bonchev–Trinajstić information content (AvgIpc) is 3.60. The van der Waals surface area contributed by atoms with Crippen LogP contribution in [0.5, 0.6) is 0 Å². The molecule has 1 heterocycles. The lowest BCUT2D eigenvalue weighted by atomic mass is 9.90. The van der Waals surface area contributed by atoms with Gasteiger partial charge in [0.15, 0.2) is 0 Å². The molecule has 1 fully saturated rings. The van der Waals surface area contributed by atoms with Crippen LogP contribution in [0.2, 0.25) is 0 Å². The lowest BCUT2D eigenvalue weighted by molar-refractivity contribution is -0.145. The predicted molar refractivity (Wildman–Crippen MR) is 208 cm³/mol. The monoisotopic (exact) mass is 662 g/mol. The fraction of sp³-hybridized carbons (Fsp3) is 0.977. The molecular formula is C44H87NO2. The molecule has 1 aliphatic rings. The summed E-state index contributed by atoms with van der Waals surface area (Å²) < 4.78 is 5.44. The van der Waals surface area contributed by atoms with E-state index < -0.39 is 0 Å². The summed E-state index contributed by atoms with van der Waals surface area (Å²) >= 11 is 0. The van der Waals surface area contributed by atoms with E-state index >= 15 is 0 Å². The zero-order valence-corrected chi connectivity index (χ0v) is 32.8. The van der Waals surface area contributed by atoms with E-state index in [0.717, 1.165) is 25.2 Å². The van der Waals surface area contributed by atoms with E-state index in [1.165, 1.54) is 212 Å². The van der Waals surface area contributed by atoms with Gasteiger partial charge in [0.1, 0.15) is 0 Å². The van der Waals surface area contributed by atoms with E-state index in [4.69, 9.17) is 4.74 Å². The van der Waals surface area contributed by atoms with Gasteiger partial charge < -0.3 is 9.64 Å². The molecule has 0 bridgehead atoms. The summed E-state index contributed by atoms with van der Waals surface area (Å²) in [4.78, 5) is 14.6. The van der Waals surface area contributed by atoms with Crippen LogP contribution in [0.1, 0.15) is 239 Å². The molecule has 1 aliphatic heterocycles. The Kier molecular flexibility index (Phi) is 33.4. The number of hydrogen-bond acceptors (Lipinski definition) is 3. The van der Waals surface area contributed by atoms with Crippen molar-refractivity contribution >= 4 is 5.97 Å². The minimum absolute atomic E-state index is 0.0137. The van der Waals surface area contributed by atoms with Gasteiger partial charge in [-0.15, -0.1) is 0 Å². The average molecular weight is 662 g/mol. The lowest BCUT2D eigenvalue weighted by Crippen LogP contribution is -2.21. The van der Waals surface area contributed by atoms with E-state index in [-0.39, 0.29) is 5.97 Å². The topological polar surface area (TPSA) is 29.5 Å². The van der Waals surface area contributed by atoms with Crippen LogP contribution in [-0.4, -0.2) is 37.1 Å². The quantitative estimate of drug-likeness (QED) is 0.0490. The third kappa shape index (κ3) is 30.0. The van der Waals surface area contributed by atoms with Crippen LogP contribution >= 0.6 is 0 Å². The number of ether oxygens (including phenoxy) is 1. The van der Waals surface area contributed by atoms with Gasteiger partial charge in [-0.25, -0.2) is 0 Å². The molecule has 0 aromatic carbocycles. The molecule has 0 amide bonds. The maximum atomic E-state index is 11.9. The highest BCUT2D eigenvalue weighted by Crippen LogP contribution is 2.24. The Balaban J connectivity index is 1.98. The first-order chi connectivity index (χ1) is 23.2. The molecule has 1 saturated heterocycles. The van der Waals surface area contributed by atoms with Gasteiger partial charge in [-0.2, -0.15) is 0 Å². The highest BCUT2D eigenvalue weighted by atomic mass is 16.5. The largest absolute Gasteiger partial charge is 0.465 e. The molecule has 1 unspecified atom stereocenters. The fourth-order valence-corrected chi connectivity index (χ4v) is 7.77. The minimum atomic E-state index is 0.0137. The van der Waals surface area contributed by atoms with Gasteiger partial charge in [-0.3, -0.25) is 4.79 Å². The molecule has 47 heavy (non-hydrogen) atoms. The fourth-order valence-electron chi connectivity index (χ4n) is 7.77. The van der Waals surface area contributed by atoms with Crippen LogP contribution in [0.4, 0.5) is 0 Å². The second-order valence-corrected chi connectivity index (χ2v) is 15.7. The van der Waals surface area contributed by atoms with E-state index in [9.17, 15) is 4.79 Å². The van der Waals surface area contributed by atoms with E-state index in [0.29, 0.717) is 18.9 Å². The molecule has 0 N–H and O–H groups in total. The molecular weight excluding hydrogens is 574 g/mol. The SMILES string of the molecule is CCCCCCCCCCCCCCCC(CCCCCCCCCCCCCCC(=O)OCC(CC)CC)CCCN1CCCC1. The Hall–Kier alpha value is -0.570. The normalized spacial score (nSPS) is 14.4. The molecule has 3 nitrogen and oxygen atoms in total. The summed E-state index contributed by atoms with van der Waals surface area (Å²) in [7, 11) is 0. The smallest absolute Gasteiger partial charge is 0.305 e. The number of carbonyl (C=O) groups excluding carboxylic acids is 1. The van der Waals surface area contributed by atoms with Gasteiger partial charge in [-0.05, 0) is 63.6 Å². The Bertz CT molecular complexity index is 626. The number of esters is 1. The van der Waals surface area contributed by atoms with Gasteiger partial charge in [0.05, 0.1) is 6.61 Å². The first-order valence-corrected chi connectivity index (χ1v) is 22.1. The Morgan fingerprint density at radius 2 is 0.872 bits per heavy atom. The second kappa shape index (κ2) is 35.3. The maximum absolute atomic E-state index is 11.9. The maximum Gasteiger partial charge on any atom is 0.305 e. The van der Waals surface area contributed by atoms with Crippen molar-refractivity contribution in [3.63, 3.8) is 0 Å². The molecule has 1 rings (SSSR count). The van der Waals surface area contributed by atoms with Crippen molar-refractivity contribution in [2.24, 2.45) is 11.8 Å². The molecule has 0 aliphatic carbocycles. The first kappa shape index (κ1) is 44.5. The van der Waals surface area contributed by atoms with Crippen molar-refractivity contribution in [1.82, 2.24) is 4.90 Å². The van der Waals surface area contributed by atoms with Crippen molar-refractivity contribution < 1.29 is 9.53 Å². The van der Waals surface area contributed by atoms with E-state index in [1.54, 1.807) is 0 Å². The highest BCUT2D eigenvalue weighted by molar-refractivity contribution is 5.69. The number of nitrogens with zero attached hydrogens (tertiary/aromatic N) is 1. The highest BCUT2D eigenvalue weighted by Gasteiger charge is 2.13. The molecule has 0 radical (unpaired) electrons. The van der Waals surface area contributed by atoms with Gasteiger partial charge in [-0.1, -0.05) is 201 Å². The Morgan fingerprint density at radius 3 is 1.30 bits per heavy atom. The van der Waals surface area contributed by atoms with E-state index in [2.05, 4.69) is 25.7 Å². The van der Waals surface area contributed by atoms with Crippen LogP contribution in [0.25, 0.3) is 0 Å². The third-order valence-electron chi connectivity index (χ3n) is 11.4. The van der Waals surface area contributed by atoms with Gasteiger partial charge in [0.25, 0.3) is 0 Å². The zero-order chi connectivity index (χ0) is 33.9. The second-order valence-electron chi connectivity index (χ2n) is 15.7. The van der Waals surface area contributed by atoms with Crippen LogP contribution in [0.3, 0.4) is 0 Å².